The van der Waals surface area contributed by atoms with Gasteiger partial charge in [0.25, 0.3) is 0 Å². The van der Waals surface area contributed by atoms with Crippen LogP contribution in [-0.2, 0) is 4.79 Å². The second kappa shape index (κ2) is 5.14. The minimum Gasteiger partial charge on any atom is -0.346 e. The number of amides is 1. The highest BCUT2D eigenvalue weighted by molar-refractivity contribution is 5.77. The van der Waals surface area contributed by atoms with E-state index in [4.69, 9.17) is 0 Å². The molecule has 0 radical (unpaired) electrons. The molecule has 1 aliphatic carbocycles. The fourth-order valence-corrected chi connectivity index (χ4v) is 1.85. The van der Waals surface area contributed by atoms with Gasteiger partial charge in [-0.3, -0.25) is 4.79 Å². The van der Waals surface area contributed by atoms with Crippen molar-refractivity contribution in [2.24, 2.45) is 5.92 Å². The van der Waals surface area contributed by atoms with Crippen molar-refractivity contribution in [3.8, 4) is 0 Å². The van der Waals surface area contributed by atoms with Crippen LogP contribution in [0.15, 0.2) is 12.3 Å². The first kappa shape index (κ1) is 13.8. The zero-order valence-corrected chi connectivity index (χ0v) is 10.4. The zero-order chi connectivity index (χ0) is 14.0. The summed E-state index contributed by atoms with van der Waals surface area (Å²) in [5.74, 6) is -0.508. The van der Waals surface area contributed by atoms with E-state index in [9.17, 15) is 18.0 Å². The van der Waals surface area contributed by atoms with Gasteiger partial charge in [0, 0.05) is 11.9 Å². The van der Waals surface area contributed by atoms with Gasteiger partial charge in [-0.25, -0.2) is 9.97 Å². The number of nitrogens with zero attached hydrogens (tertiary/aromatic N) is 2. The Morgan fingerprint density at radius 3 is 2.74 bits per heavy atom. The molecule has 1 heterocycles. The molecule has 0 aliphatic heterocycles. The highest BCUT2D eigenvalue weighted by Crippen LogP contribution is 2.40. The summed E-state index contributed by atoms with van der Waals surface area (Å²) in [4.78, 5) is 19.6. The number of nitrogens with one attached hydrogen (secondary N) is 1. The van der Waals surface area contributed by atoms with Crippen LogP contribution in [0.5, 0.6) is 0 Å². The summed E-state index contributed by atoms with van der Waals surface area (Å²) in [6.07, 6.45) is -2.68. The highest BCUT2D eigenvalue weighted by Gasteiger charge is 2.38. The van der Waals surface area contributed by atoms with Crippen molar-refractivity contribution in [1.82, 2.24) is 15.3 Å². The highest BCUT2D eigenvalue weighted by atomic mass is 19.4. The van der Waals surface area contributed by atoms with E-state index in [1.807, 2.05) is 0 Å². The number of hydrogen-bond donors (Lipinski definition) is 1. The van der Waals surface area contributed by atoms with E-state index in [-0.39, 0.29) is 5.92 Å². The third-order valence-corrected chi connectivity index (χ3v) is 2.86. The molecular weight excluding hydrogens is 259 g/mol. The summed E-state index contributed by atoms with van der Waals surface area (Å²) in [7, 11) is 0. The molecule has 0 saturated heterocycles. The number of rotatable bonds is 4. The van der Waals surface area contributed by atoms with Crippen molar-refractivity contribution in [2.75, 3.05) is 0 Å². The van der Waals surface area contributed by atoms with Gasteiger partial charge in [0.1, 0.15) is 6.42 Å². The first-order chi connectivity index (χ1) is 8.85. The van der Waals surface area contributed by atoms with E-state index in [1.165, 1.54) is 0 Å². The SMILES string of the molecule is Cc1ccnc(C(NC(=O)CC(F)(F)F)C2CC2)n1. The maximum Gasteiger partial charge on any atom is 0.397 e. The van der Waals surface area contributed by atoms with Gasteiger partial charge in [0.15, 0.2) is 5.82 Å². The number of alkyl halides is 3. The Kier molecular flexibility index (Phi) is 3.73. The molecule has 7 heteroatoms. The molecular formula is C12H14F3N3O. The van der Waals surface area contributed by atoms with Crippen LogP contribution in [0.2, 0.25) is 0 Å². The molecule has 2 rings (SSSR count). The summed E-state index contributed by atoms with van der Waals surface area (Å²) in [5.41, 5.74) is 0.723. The molecule has 104 valence electrons. The molecule has 0 spiro atoms. The third kappa shape index (κ3) is 4.18. The lowest BCUT2D eigenvalue weighted by atomic mass is 10.1. The molecule has 1 atom stereocenters. The number of hydrogen-bond acceptors (Lipinski definition) is 3. The fourth-order valence-electron chi connectivity index (χ4n) is 1.85. The quantitative estimate of drug-likeness (QED) is 0.915. The summed E-state index contributed by atoms with van der Waals surface area (Å²) in [6.45, 7) is 1.77. The summed E-state index contributed by atoms with van der Waals surface area (Å²) >= 11 is 0. The van der Waals surface area contributed by atoms with E-state index in [0.717, 1.165) is 18.5 Å². The molecule has 1 fully saturated rings. The van der Waals surface area contributed by atoms with Gasteiger partial charge < -0.3 is 5.32 Å². The number of aromatic nitrogens is 2. The molecule has 1 unspecified atom stereocenters. The van der Waals surface area contributed by atoms with Crippen LogP contribution >= 0.6 is 0 Å². The first-order valence-electron chi connectivity index (χ1n) is 6.01. The Labute approximate surface area is 108 Å². The summed E-state index contributed by atoms with van der Waals surface area (Å²) in [5, 5.41) is 2.40. The molecule has 1 N–H and O–H groups in total. The maximum absolute atomic E-state index is 12.1. The lowest BCUT2D eigenvalue weighted by molar-refractivity contribution is -0.154. The molecule has 1 aliphatic rings. The largest absolute Gasteiger partial charge is 0.397 e. The lowest BCUT2D eigenvalue weighted by Gasteiger charge is -2.17. The van der Waals surface area contributed by atoms with Gasteiger partial charge in [-0.15, -0.1) is 0 Å². The Morgan fingerprint density at radius 1 is 1.53 bits per heavy atom. The predicted molar refractivity (Wildman–Crippen MR) is 61.0 cm³/mol. The number of aryl methyl sites for hydroxylation is 1. The van der Waals surface area contributed by atoms with Crippen LogP contribution in [-0.4, -0.2) is 22.1 Å². The van der Waals surface area contributed by atoms with Crippen LogP contribution < -0.4 is 5.32 Å². The Hall–Kier alpha value is -1.66. The minimum absolute atomic E-state index is 0.138. The molecule has 4 nitrogen and oxygen atoms in total. The van der Waals surface area contributed by atoms with Crippen LogP contribution in [0.4, 0.5) is 13.2 Å². The molecule has 1 amide bonds. The zero-order valence-electron chi connectivity index (χ0n) is 10.4. The topological polar surface area (TPSA) is 54.9 Å². The van der Waals surface area contributed by atoms with Crippen LogP contribution in [0.1, 0.15) is 36.8 Å². The third-order valence-electron chi connectivity index (χ3n) is 2.86. The predicted octanol–water partition coefficient (Wildman–Crippen LogP) is 2.30. The lowest BCUT2D eigenvalue weighted by Crippen LogP contribution is -2.34. The van der Waals surface area contributed by atoms with Crippen LogP contribution in [0.25, 0.3) is 0 Å². The fraction of sp³-hybridized carbons (Fsp3) is 0.583. The first-order valence-corrected chi connectivity index (χ1v) is 6.01. The molecule has 1 aromatic rings. The Morgan fingerprint density at radius 2 is 2.21 bits per heavy atom. The second-order valence-electron chi connectivity index (χ2n) is 4.73. The van der Waals surface area contributed by atoms with E-state index in [2.05, 4.69) is 15.3 Å². The average Bonchev–Trinajstić information content (AvgIpc) is 3.07. The van der Waals surface area contributed by atoms with Crippen LogP contribution in [0, 0.1) is 12.8 Å². The summed E-state index contributed by atoms with van der Waals surface area (Å²) < 4.78 is 36.4. The minimum atomic E-state index is -4.49. The molecule has 0 aromatic carbocycles. The van der Waals surface area contributed by atoms with Crippen molar-refractivity contribution in [3.05, 3.63) is 23.8 Å². The van der Waals surface area contributed by atoms with E-state index in [0.29, 0.717) is 5.82 Å². The van der Waals surface area contributed by atoms with Gasteiger partial charge in [-0.1, -0.05) is 0 Å². The van der Waals surface area contributed by atoms with Crippen LogP contribution in [0.3, 0.4) is 0 Å². The Bertz CT molecular complexity index is 472. The molecule has 1 saturated carbocycles. The molecule has 1 aromatic heterocycles. The number of carbonyl (C=O) groups excluding carboxylic acids is 1. The maximum atomic E-state index is 12.1. The van der Waals surface area contributed by atoms with Crippen molar-refractivity contribution in [2.45, 2.75) is 38.4 Å². The van der Waals surface area contributed by atoms with E-state index in [1.54, 1.807) is 19.2 Å². The van der Waals surface area contributed by atoms with Crippen molar-refractivity contribution >= 4 is 5.91 Å². The van der Waals surface area contributed by atoms with Crippen molar-refractivity contribution < 1.29 is 18.0 Å². The molecule has 19 heavy (non-hydrogen) atoms. The monoisotopic (exact) mass is 273 g/mol. The normalized spacial score (nSPS) is 17.1. The van der Waals surface area contributed by atoms with Gasteiger partial charge in [0.2, 0.25) is 5.91 Å². The van der Waals surface area contributed by atoms with Gasteiger partial charge >= 0.3 is 6.18 Å². The smallest absolute Gasteiger partial charge is 0.346 e. The summed E-state index contributed by atoms with van der Waals surface area (Å²) in [6, 6.07) is 1.18. The van der Waals surface area contributed by atoms with E-state index >= 15 is 0 Å². The van der Waals surface area contributed by atoms with Gasteiger partial charge in [-0.05, 0) is 31.7 Å². The van der Waals surface area contributed by atoms with Gasteiger partial charge in [-0.2, -0.15) is 13.2 Å². The molecule has 0 bridgehead atoms. The second-order valence-corrected chi connectivity index (χ2v) is 4.73. The Balaban J connectivity index is 2.07. The van der Waals surface area contributed by atoms with Crippen molar-refractivity contribution in [1.29, 1.82) is 0 Å². The van der Waals surface area contributed by atoms with Gasteiger partial charge in [0.05, 0.1) is 6.04 Å². The average molecular weight is 273 g/mol. The van der Waals surface area contributed by atoms with E-state index < -0.39 is 24.5 Å². The number of halogens is 3. The standard InChI is InChI=1S/C12H14F3N3O/c1-7-4-5-16-11(17-7)10(8-2-3-8)18-9(19)6-12(13,14)15/h4-5,8,10H,2-3,6H2,1H3,(H,18,19). The number of carbonyl (C=O) groups is 1. The van der Waals surface area contributed by atoms with Crippen molar-refractivity contribution in [3.63, 3.8) is 0 Å².